The highest BCUT2D eigenvalue weighted by Crippen LogP contribution is 2.19. The van der Waals surface area contributed by atoms with Gasteiger partial charge in [0.1, 0.15) is 5.78 Å². The molecule has 0 unspecified atom stereocenters. The summed E-state index contributed by atoms with van der Waals surface area (Å²) in [4.78, 5) is 19.3. The lowest BCUT2D eigenvalue weighted by Gasteiger charge is -2.05. The highest BCUT2D eigenvalue weighted by atomic mass is 16.1. The van der Waals surface area contributed by atoms with Crippen molar-refractivity contribution in [2.45, 2.75) is 26.7 Å². The highest BCUT2D eigenvalue weighted by Gasteiger charge is 2.01. The van der Waals surface area contributed by atoms with Crippen LogP contribution < -0.4 is 5.32 Å². The Hall–Kier alpha value is -2.23. The Labute approximate surface area is 119 Å². The van der Waals surface area contributed by atoms with Gasteiger partial charge in [-0.2, -0.15) is 0 Å². The Morgan fingerprint density at radius 3 is 2.30 bits per heavy atom. The first-order valence-electron chi connectivity index (χ1n) is 6.83. The first kappa shape index (κ1) is 14.2. The predicted octanol–water partition coefficient (Wildman–Crippen LogP) is 3.10. The second-order valence-corrected chi connectivity index (χ2v) is 4.80. The molecule has 0 bridgehead atoms. The zero-order chi connectivity index (χ0) is 14.4. The summed E-state index contributed by atoms with van der Waals surface area (Å²) in [5.74, 6) is 0.538. The number of Topliss-reactive ketones (excluding diaryl/α,β-unsaturated/α-hetero) is 1. The summed E-state index contributed by atoms with van der Waals surface area (Å²) in [6.45, 7) is 3.96. The average Bonchev–Trinajstić information content (AvgIpc) is 2.47. The molecule has 0 fully saturated rings. The van der Waals surface area contributed by atoms with Crippen LogP contribution in [-0.4, -0.2) is 22.3 Å². The number of anilines is 1. The molecule has 4 nitrogen and oxygen atoms in total. The Morgan fingerprint density at radius 1 is 1.10 bits per heavy atom. The average molecular weight is 269 g/mol. The molecule has 0 aliphatic rings. The molecule has 0 saturated heterocycles. The molecule has 0 atom stereocenters. The lowest BCUT2D eigenvalue weighted by molar-refractivity contribution is -0.115. The molecule has 0 amide bonds. The Balaban J connectivity index is 2.07. The van der Waals surface area contributed by atoms with Crippen molar-refractivity contribution in [1.29, 1.82) is 0 Å². The van der Waals surface area contributed by atoms with E-state index in [1.54, 1.807) is 12.4 Å². The molecule has 4 heteroatoms. The second-order valence-electron chi connectivity index (χ2n) is 4.80. The van der Waals surface area contributed by atoms with E-state index in [0.29, 0.717) is 5.95 Å². The maximum absolute atomic E-state index is 10.9. The second kappa shape index (κ2) is 6.80. The Morgan fingerprint density at radius 2 is 1.75 bits per heavy atom. The summed E-state index contributed by atoms with van der Waals surface area (Å²) < 4.78 is 0. The van der Waals surface area contributed by atoms with Crippen molar-refractivity contribution in [2.24, 2.45) is 0 Å². The fourth-order valence-corrected chi connectivity index (χ4v) is 1.92. The minimum Gasteiger partial charge on any atom is -0.347 e. The number of hydrogen-bond donors (Lipinski definition) is 1. The van der Waals surface area contributed by atoms with E-state index in [2.05, 4.69) is 46.5 Å². The minimum atomic E-state index is 0.0594. The molecule has 0 radical (unpaired) electrons. The van der Waals surface area contributed by atoms with Gasteiger partial charge in [-0.25, -0.2) is 9.97 Å². The van der Waals surface area contributed by atoms with Crippen LogP contribution in [0.5, 0.6) is 0 Å². The summed E-state index contributed by atoms with van der Waals surface area (Å²) in [6.07, 6.45) is 5.79. The van der Waals surface area contributed by atoms with Crippen LogP contribution in [0.4, 0.5) is 5.95 Å². The Kier molecular flexibility index (Phi) is 4.82. The van der Waals surface area contributed by atoms with Crippen molar-refractivity contribution in [1.82, 2.24) is 9.97 Å². The predicted molar refractivity (Wildman–Crippen MR) is 80.6 cm³/mol. The molecule has 1 heterocycles. The molecule has 0 aliphatic heterocycles. The molecule has 2 aromatic rings. The Bertz CT molecular complexity index is 561. The number of aromatic nitrogens is 2. The van der Waals surface area contributed by atoms with E-state index in [0.717, 1.165) is 24.0 Å². The maximum Gasteiger partial charge on any atom is 0.222 e. The van der Waals surface area contributed by atoms with Crippen molar-refractivity contribution in [2.75, 3.05) is 11.9 Å². The van der Waals surface area contributed by atoms with Crippen LogP contribution >= 0.6 is 0 Å². The smallest absolute Gasteiger partial charge is 0.222 e. The molecule has 20 heavy (non-hydrogen) atoms. The van der Waals surface area contributed by atoms with Crippen LogP contribution in [0.15, 0.2) is 36.7 Å². The SMILES string of the molecule is CCCc1ccc(-c2cnc(NCC(C)=O)nc2)cc1. The van der Waals surface area contributed by atoms with E-state index >= 15 is 0 Å². The van der Waals surface area contributed by atoms with Gasteiger partial charge in [-0.1, -0.05) is 37.6 Å². The molecule has 104 valence electrons. The molecule has 2 rings (SSSR count). The number of hydrogen-bond acceptors (Lipinski definition) is 4. The van der Waals surface area contributed by atoms with Gasteiger partial charge in [0.2, 0.25) is 5.95 Å². The van der Waals surface area contributed by atoms with E-state index in [1.807, 2.05) is 0 Å². The van der Waals surface area contributed by atoms with Crippen molar-refractivity contribution in [3.63, 3.8) is 0 Å². The minimum absolute atomic E-state index is 0.0594. The van der Waals surface area contributed by atoms with Gasteiger partial charge in [-0.05, 0) is 24.5 Å². The molecule has 1 aromatic heterocycles. The normalized spacial score (nSPS) is 10.3. The van der Waals surface area contributed by atoms with Crippen LogP contribution in [-0.2, 0) is 11.2 Å². The van der Waals surface area contributed by atoms with E-state index in [4.69, 9.17) is 0 Å². The number of aryl methyl sites for hydroxylation is 1. The number of nitrogens with one attached hydrogen (secondary N) is 1. The largest absolute Gasteiger partial charge is 0.347 e. The highest BCUT2D eigenvalue weighted by molar-refractivity contribution is 5.79. The summed E-state index contributed by atoms with van der Waals surface area (Å²) in [6, 6.07) is 8.46. The third kappa shape index (κ3) is 3.88. The molecular formula is C16H19N3O. The molecule has 0 aliphatic carbocycles. The van der Waals surface area contributed by atoms with Gasteiger partial charge in [0.05, 0.1) is 6.54 Å². The molecule has 0 saturated carbocycles. The number of carbonyl (C=O) groups is 1. The van der Waals surface area contributed by atoms with Gasteiger partial charge < -0.3 is 5.32 Å². The van der Waals surface area contributed by atoms with Gasteiger partial charge in [-0.15, -0.1) is 0 Å². The molecule has 0 spiro atoms. The van der Waals surface area contributed by atoms with E-state index in [1.165, 1.54) is 12.5 Å². The van der Waals surface area contributed by atoms with Crippen LogP contribution in [0, 0.1) is 0 Å². The first-order chi connectivity index (χ1) is 9.69. The van der Waals surface area contributed by atoms with Crippen molar-refractivity contribution < 1.29 is 4.79 Å². The number of rotatable bonds is 6. The molecule has 1 N–H and O–H groups in total. The topological polar surface area (TPSA) is 54.9 Å². The van der Waals surface area contributed by atoms with Crippen molar-refractivity contribution in [3.8, 4) is 11.1 Å². The summed E-state index contributed by atoms with van der Waals surface area (Å²) in [7, 11) is 0. The lowest BCUT2D eigenvalue weighted by atomic mass is 10.0. The van der Waals surface area contributed by atoms with Crippen molar-refractivity contribution in [3.05, 3.63) is 42.2 Å². The molecular weight excluding hydrogens is 250 g/mol. The summed E-state index contributed by atoms with van der Waals surface area (Å²) >= 11 is 0. The fraction of sp³-hybridized carbons (Fsp3) is 0.312. The lowest BCUT2D eigenvalue weighted by Crippen LogP contribution is -2.11. The van der Waals surface area contributed by atoms with Gasteiger partial charge in [0.25, 0.3) is 0 Å². The first-order valence-corrected chi connectivity index (χ1v) is 6.83. The quantitative estimate of drug-likeness (QED) is 0.875. The van der Waals surface area contributed by atoms with Crippen LogP contribution in [0.1, 0.15) is 25.8 Å². The standard InChI is InChI=1S/C16H19N3O/c1-3-4-13-5-7-14(8-6-13)15-10-18-16(19-11-15)17-9-12(2)20/h5-8,10-11H,3-4,9H2,1-2H3,(H,17,18,19). The number of nitrogens with zero attached hydrogens (tertiary/aromatic N) is 2. The van der Waals surface area contributed by atoms with Crippen LogP contribution in [0.2, 0.25) is 0 Å². The number of carbonyl (C=O) groups excluding carboxylic acids is 1. The van der Waals surface area contributed by atoms with E-state index in [-0.39, 0.29) is 12.3 Å². The zero-order valence-electron chi connectivity index (χ0n) is 11.9. The number of ketones is 1. The third-order valence-electron chi connectivity index (χ3n) is 2.97. The van der Waals surface area contributed by atoms with Crippen LogP contribution in [0.25, 0.3) is 11.1 Å². The van der Waals surface area contributed by atoms with Gasteiger partial charge >= 0.3 is 0 Å². The maximum atomic E-state index is 10.9. The van der Waals surface area contributed by atoms with Gasteiger partial charge in [0.15, 0.2) is 0 Å². The summed E-state index contributed by atoms with van der Waals surface area (Å²) in [5, 5.41) is 2.88. The third-order valence-corrected chi connectivity index (χ3v) is 2.97. The zero-order valence-corrected chi connectivity index (χ0v) is 11.9. The van der Waals surface area contributed by atoms with E-state index < -0.39 is 0 Å². The van der Waals surface area contributed by atoms with Crippen molar-refractivity contribution >= 4 is 11.7 Å². The monoisotopic (exact) mass is 269 g/mol. The van der Waals surface area contributed by atoms with Gasteiger partial charge in [0, 0.05) is 18.0 Å². The van der Waals surface area contributed by atoms with Crippen LogP contribution in [0.3, 0.4) is 0 Å². The van der Waals surface area contributed by atoms with Gasteiger partial charge in [-0.3, -0.25) is 4.79 Å². The number of benzene rings is 1. The fourth-order valence-electron chi connectivity index (χ4n) is 1.92. The molecule has 1 aromatic carbocycles. The van der Waals surface area contributed by atoms with E-state index in [9.17, 15) is 4.79 Å². The summed E-state index contributed by atoms with van der Waals surface area (Å²) in [5.41, 5.74) is 3.42.